The maximum Gasteiger partial charge on any atom is 0.263 e. The molecule has 3 aromatic rings. The van der Waals surface area contributed by atoms with Gasteiger partial charge in [-0.3, -0.25) is 14.6 Å². The van der Waals surface area contributed by atoms with Gasteiger partial charge in [-0.15, -0.1) is 11.3 Å². The highest BCUT2D eigenvalue weighted by Gasteiger charge is 2.20. The molecule has 0 aliphatic carbocycles. The molecular weight excluding hydrogens is 384 g/mol. The number of piperidine rings is 1. The van der Waals surface area contributed by atoms with Crippen LogP contribution in [0.1, 0.15) is 40.2 Å². The Morgan fingerprint density at radius 2 is 2.10 bits per heavy atom. The van der Waals surface area contributed by atoms with Crippen LogP contribution in [0.25, 0.3) is 10.7 Å². The molecule has 0 bridgehead atoms. The fourth-order valence-corrected chi connectivity index (χ4v) is 4.34. The van der Waals surface area contributed by atoms with Gasteiger partial charge in [0.2, 0.25) is 5.91 Å². The number of aryl methyl sites for hydroxylation is 1. The van der Waals surface area contributed by atoms with Crippen LogP contribution in [0.15, 0.2) is 48.7 Å². The first-order chi connectivity index (χ1) is 14.1. The maximum atomic E-state index is 12.7. The number of anilines is 1. The van der Waals surface area contributed by atoms with Crippen molar-refractivity contribution in [2.45, 2.75) is 32.7 Å². The Hall–Kier alpha value is -3.06. The molecule has 1 N–H and O–H groups in total. The number of pyridine rings is 1. The van der Waals surface area contributed by atoms with Gasteiger partial charge in [-0.1, -0.05) is 18.2 Å². The van der Waals surface area contributed by atoms with Crippen molar-refractivity contribution in [1.82, 2.24) is 15.3 Å². The highest BCUT2D eigenvalue weighted by atomic mass is 32.1. The van der Waals surface area contributed by atoms with Gasteiger partial charge in [-0.2, -0.15) is 0 Å². The molecule has 1 saturated heterocycles. The average molecular weight is 407 g/mol. The fourth-order valence-electron chi connectivity index (χ4n) is 3.38. The van der Waals surface area contributed by atoms with Crippen molar-refractivity contribution in [3.8, 4) is 10.7 Å². The molecule has 1 fully saturated rings. The largest absolute Gasteiger partial charge is 0.347 e. The lowest BCUT2D eigenvalue weighted by Crippen LogP contribution is -2.35. The molecule has 0 spiro atoms. The Morgan fingerprint density at radius 3 is 2.90 bits per heavy atom. The number of amides is 2. The topological polar surface area (TPSA) is 75.2 Å². The number of nitrogens with zero attached hydrogens (tertiary/aromatic N) is 3. The summed E-state index contributed by atoms with van der Waals surface area (Å²) in [5.74, 6) is 0.0152. The van der Waals surface area contributed by atoms with Crippen molar-refractivity contribution in [2.75, 3.05) is 11.4 Å². The molecule has 2 aromatic heterocycles. The Kier molecular flexibility index (Phi) is 5.67. The molecule has 7 heteroatoms. The third-order valence-electron chi connectivity index (χ3n) is 4.89. The van der Waals surface area contributed by atoms with E-state index in [2.05, 4.69) is 15.3 Å². The fraction of sp³-hybridized carbons (Fsp3) is 0.273. The monoisotopic (exact) mass is 406 g/mol. The minimum Gasteiger partial charge on any atom is -0.347 e. The Balaban J connectivity index is 1.44. The summed E-state index contributed by atoms with van der Waals surface area (Å²) >= 11 is 1.34. The summed E-state index contributed by atoms with van der Waals surface area (Å²) in [6.45, 7) is 2.98. The molecule has 0 atom stereocenters. The van der Waals surface area contributed by atoms with E-state index in [-0.39, 0.29) is 11.8 Å². The molecule has 0 unspecified atom stereocenters. The zero-order valence-electron chi connectivity index (χ0n) is 16.2. The van der Waals surface area contributed by atoms with E-state index < -0.39 is 0 Å². The van der Waals surface area contributed by atoms with E-state index in [4.69, 9.17) is 0 Å². The molecule has 0 saturated carbocycles. The Morgan fingerprint density at radius 1 is 1.21 bits per heavy atom. The maximum absolute atomic E-state index is 12.7. The van der Waals surface area contributed by atoms with Crippen LogP contribution < -0.4 is 10.2 Å². The van der Waals surface area contributed by atoms with Gasteiger partial charge in [0.1, 0.15) is 9.88 Å². The van der Waals surface area contributed by atoms with Gasteiger partial charge in [0.15, 0.2) is 0 Å². The van der Waals surface area contributed by atoms with Crippen LogP contribution in [0.4, 0.5) is 5.69 Å². The van der Waals surface area contributed by atoms with E-state index in [0.717, 1.165) is 41.3 Å². The van der Waals surface area contributed by atoms with Gasteiger partial charge in [-0.25, -0.2) is 4.98 Å². The molecule has 29 heavy (non-hydrogen) atoms. The van der Waals surface area contributed by atoms with Gasteiger partial charge in [0.25, 0.3) is 5.91 Å². The number of aromatic nitrogens is 2. The van der Waals surface area contributed by atoms with Crippen LogP contribution in [0.2, 0.25) is 0 Å². The van der Waals surface area contributed by atoms with Crippen LogP contribution >= 0.6 is 11.3 Å². The molecule has 148 valence electrons. The number of thiazole rings is 1. The van der Waals surface area contributed by atoms with Crippen LogP contribution in [0, 0.1) is 6.92 Å². The third-order valence-corrected chi connectivity index (χ3v) is 6.06. The lowest BCUT2D eigenvalue weighted by molar-refractivity contribution is -0.119. The van der Waals surface area contributed by atoms with Crippen molar-refractivity contribution < 1.29 is 9.59 Å². The minimum absolute atomic E-state index is 0.151. The van der Waals surface area contributed by atoms with Crippen molar-refractivity contribution in [2.24, 2.45) is 0 Å². The number of hydrogen-bond donors (Lipinski definition) is 1. The van der Waals surface area contributed by atoms with E-state index in [1.54, 1.807) is 6.20 Å². The van der Waals surface area contributed by atoms with E-state index in [1.165, 1.54) is 11.3 Å². The molecular formula is C22H22N4O2S. The predicted molar refractivity (Wildman–Crippen MR) is 114 cm³/mol. The van der Waals surface area contributed by atoms with Gasteiger partial charge in [-0.05, 0) is 49.6 Å². The average Bonchev–Trinajstić information content (AvgIpc) is 3.15. The van der Waals surface area contributed by atoms with E-state index in [9.17, 15) is 9.59 Å². The first kappa shape index (κ1) is 19.3. The van der Waals surface area contributed by atoms with Crippen LogP contribution in [0.5, 0.6) is 0 Å². The smallest absolute Gasteiger partial charge is 0.263 e. The highest BCUT2D eigenvalue weighted by molar-refractivity contribution is 7.17. The Bertz CT molecular complexity index is 1030. The lowest BCUT2D eigenvalue weighted by Gasteiger charge is -2.27. The quantitative estimate of drug-likeness (QED) is 0.696. The van der Waals surface area contributed by atoms with Gasteiger partial charge >= 0.3 is 0 Å². The van der Waals surface area contributed by atoms with Crippen molar-refractivity contribution in [3.63, 3.8) is 0 Å². The molecule has 1 aromatic carbocycles. The third kappa shape index (κ3) is 4.35. The van der Waals surface area contributed by atoms with Gasteiger partial charge in [0, 0.05) is 31.4 Å². The minimum atomic E-state index is -0.151. The number of carbonyl (C=O) groups is 2. The van der Waals surface area contributed by atoms with Crippen LogP contribution in [-0.2, 0) is 11.3 Å². The van der Waals surface area contributed by atoms with Crippen LogP contribution in [0.3, 0.4) is 0 Å². The van der Waals surface area contributed by atoms with Crippen LogP contribution in [-0.4, -0.2) is 28.3 Å². The summed E-state index contributed by atoms with van der Waals surface area (Å²) in [6.07, 6.45) is 4.30. The van der Waals surface area contributed by atoms with Crippen molar-refractivity contribution in [3.05, 3.63) is 64.8 Å². The summed E-state index contributed by atoms with van der Waals surface area (Å²) in [4.78, 5) is 36.1. The summed E-state index contributed by atoms with van der Waals surface area (Å²) in [5.41, 5.74) is 3.31. The molecule has 1 aliphatic rings. The van der Waals surface area contributed by atoms with Crippen molar-refractivity contribution in [1.29, 1.82) is 0 Å². The summed E-state index contributed by atoms with van der Waals surface area (Å²) in [6, 6.07) is 13.4. The SMILES string of the molecule is Cc1nc(-c2ccccn2)sc1C(=O)NCc1cccc(N2CCCCC2=O)c1. The van der Waals surface area contributed by atoms with Gasteiger partial charge in [0.05, 0.1) is 11.4 Å². The number of hydrogen-bond acceptors (Lipinski definition) is 5. The zero-order chi connectivity index (χ0) is 20.2. The summed E-state index contributed by atoms with van der Waals surface area (Å²) in [5, 5.41) is 3.70. The van der Waals surface area contributed by atoms with E-state index >= 15 is 0 Å². The lowest BCUT2D eigenvalue weighted by atomic mass is 10.1. The number of rotatable bonds is 5. The normalized spacial score (nSPS) is 14.1. The number of benzene rings is 1. The highest BCUT2D eigenvalue weighted by Crippen LogP contribution is 2.26. The number of nitrogens with one attached hydrogen (secondary N) is 1. The summed E-state index contributed by atoms with van der Waals surface area (Å²) in [7, 11) is 0. The zero-order valence-corrected chi connectivity index (χ0v) is 17.0. The van der Waals surface area contributed by atoms with Gasteiger partial charge < -0.3 is 10.2 Å². The molecule has 2 amide bonds. The second kappa shape index (κ2) is 8.53. The van der Waals surface area contributed by atoms with E-state index in [1.807, 2.05) is 54.3 Å². The number of carbonyl (C=O) groups excluding carboxylic acids is 2. The first-order valence-electron chi connectivity index (χ1n) is 9.68. The second-order valence-corrected chi connectivity index (χ2v) is 8.00. The first-order valence-corrected chi connectivity index (χ1v) is 10.5. The van der Waals surface area contributed by atoms with Crippen molar-refractivity contribution >= 4 is 28.8 Å². The molecule has 1 aliphatic heterocycles. The Labute approximate surface area is 173 Å². The molecule has 0 radical (unpaired) electrons. The molecule has 6 nitrogen and oxygen atoms in total. The predicted octanol–water partition coefficient (Wildman–Crippen LogP) is 3.96. The van der Waals surface area contributed by atoms with E-state index in [0.29, 0.717) is 23.5 Å². The standard InChI is InChI=1S/C22H22N4O2S/c1-15-20(29-22(25-15)18-9-2-4-11-23-18)21(28)24-14-16-7-6-8-17(13-16)26-12-5-3-10-19(26)27/h2,4,6-9,11,13H,3,5,10,12,14H2,1H3,(H,24,28). The second-order valence-electron chi connectivity index (χ2n) is 7.00. The molecule has 4 rings (SSSR count). The molecule has 3 heterocycles. The summed E-state index contributed by atoms with van der Waals surface area (Å²) < 4.78 is 0.